The highest BCUT2D eigenvalue weighted by Gasteiger charge is 2.14. The lowest BCUT2D eigenvalue weighted by Gasteiger charge is -2.09. The molecule has 0 radical (unpaired) electrons. The van der Waals surface area contributed by atoms with E-state index in [2.05, 4.69) is 15.1 Å². The number of benzene rings is 3. The summed E-state index contributed by atoms with van der Waals surface area (Å²) in [5, 5.41) is 5.99. The fourth-order valence-electron chi connectivity index (χ4n) is 3.22. The van der Waals surface area contributed by atoms with Gasteiger partial charge in [-0.1, -0.05) is 70.8 Å². The first-order valence-electron chi connectivity index (χ1n) is 9.53. The summed E-state index contributed by atoms with van der Waals surface area (Å²) in [7, 11) is 0. The Balaban J connectivity index is 1.44. The van der Waals surface area contributed by atoms with Crippen molar-refractivity contribution in [2.24, 2.45) is 0 Å². The fraction of sp³-hybridized carbons (Fsp3) is 0.0417. The predicted molar refractivity (Wildman–Crippen MR) is 121 cm³/mol. The Labute approximate surface area is 188 Å². The van der Waals surface area contributed by atoms with E-state index >= 15 is 0 Å². The van der Waals surface area contributed by atoms with E-state index in [-0.39, 0.29) is 6.61 Å². The van der Waals surface area contributed by atoms with Gasteiger partial charge in [-0.05, 0) is 30.3 Å². The van der Waals surface area contributed by atoms with Crippen LogP contribution in [0.5, 0.6) is 5.88 Å². The standard InChI is InChI=1S/C24H15Cl2N3O2/c25-16-10-11-18(20(26)12-16)22-13-17(31-29-22)14-30-24-19-8-4-5-9-21(19)27-23(28-24)15-6-2-1-3-7-15/h1-13H,14H2. The van der Waals surface area contributed by atoms with Crippen molar-refractivity contribution in [2.45, 2.75) is 6.61 Å². The maximum Gasteiger partial charge on any atom is 0.225 e. The molecule has 0 aliphatic rings. The third-order valence-corrected chi connectivity index (χ3v) is 5.27. The molecule has 5 nitrogen and oxygen atoms in total. The summed E-state index contributed by atoms with van der Waals surface area (Å²) in [6.07, 6.45) is 0. The van der Waals surface area contributed by atoms with Gasteiger partial charge in [0.05, 0.1) is 15.9 Å². The molecule has 0 aliphatic heterocycles. The van der Waals surface area contributed by atoms with Gasteiger partial charge < -0.3 is 9.26 Å². The lowest BCUT2D eigenvalue weighted by Crippen LogP contribution is -2.00. The van der Waals surface area contributed by atoms with Gasteiger partial charge in [0.25, 0.3) is 0 Å². The summed E-state index contributed by atoms with van der Waals surface area (Å²) in [4.78, 5) is 9.31. The van der Waals surface area contributed by atoms with Crippen LogP contribution in [0.1, 0.15) is 5.76 Å². The quantitative estimate of drug-likeness (QED) is 0.295. The molecule has 0 N–H and O–H groups in total. The van der Waals surface area contributed by atoms with E-state index in [9.17, 15) is 0 Å². The molecular weight excluding hydrogens is 433 g/mol. The zero-order valence-corrected chi connectivity index (χ0v) is 17.6. The highest BCUT2D eigenvalue weighted by molar-refractivity contribution is 6.36. The molecule has 0 bridgehead atoms. The minimum atomic E-state index is 0.160. The van der Waals surface area contributed by atoms with Crippen LogP contribution in [0.15, 0.2) is 83.4 Å². The number of halogens is 2. The van der Waals surface area contributed by atoms with Crippen molar-refractivity contribution in [1.29, 1.82) is 0 Å². The second-order valence-electron chi connectivity index (χ2n) is 6.83. The summed E-state index contributed by atoms with van der Waals surface area (Å²) in [6.45, 7) is 0.160. The van der Waals surface area contributed by atoms with Gasteiger partial charge in [-0.2, -0.15) is 4.98 Å². The van der Waals surface area contributed by atoms with Crippen LogP contribution in [0.3, 0.4) is 0 Å². The molecule has 0 atom stereocenters. The molecule has 7 heteroatoms. The number of rotatable bonds is 5. The largest absolute Gasteiger partial charge is 0.469 e. The van der Waals surface area contributed by atoms with Gasteiger partial charge in [-0.25, -0.2) is 4.98 Å². The van der Waals surface area contributed by atoms with E-state index in [1.54, 1.807) is 24.3 Å². The van der Waals surface area contributed by atoms with E-state index in [0.717, 1.165) is 22.0 Å². The molecule has 0 saturated heterocycles. The number of fused-ring (bicyclic) bond motifs is 1. The smallest absolute Gasteiger partial charge is 0.225 e. The van der Waals surface area contributed by atoms with Crippen LogP contribution in [0.25, 0.3) is 33.5 Å². The van der Waals surface area contributed by atoms with Crippen molar-refractivity contribution in [3.8, 4) is 28.5 Å². The molecule has 5 rings (SSSR count). The number of para-hydroxylation sites is 1. The Morgan fingerprint density at radius 1 is 0.839 bits per heavy atom. The van der Waals surface area contributed by atoms with Crippen molar-refractivity contribution in [2.75, 3.05) is 0 Å². The molecule has 0 saturated carbocycles. The van der Waals surface area contributed by atoms with Crippen LogP contribution in [0.4, 0.5) is 0 Å². The van der Waals surface area contributed by atoms with Crippen LogP contribution in [-0.4, -0.2) is 15.1 Å². The highest BCUT2D eigenvalue weighted by Crippen LogP contribution is 2.31. The van der Waals surface area contributed by atoms with E-state index in [0.29, 0.717) is 33.2 Å². The molecule has 5 aromatic rings. The van der Waals surface area contributed by atoms with Crippen molar-refractivity contribution in [1.82, 2.24) is 15.1 Å². The first-order valence-corrected chi connectivity index (χ1v) is 10.3. The number of ether oxygens (including phenoxy) is 1. The molecule has 2 heterocycles. The lowest BCUT2D eigenvalue weighted by atomic mass is 10.1. The van der Waals surface area contributed by atoms with Crippen LogP contribution >= 0.6 is 23.2 Å². The molecule has 152 valence electrons. The number of hydrogen-bond acceptors (Lipinski definition) is 5. The number of aromatic nitrogens is 3. The Hall–Kier alpha value is -3.41. The Morgan fingerprint density at radius 3 is 2.48 bits per heavy atom. The van der Waals surface area contributed by atoms with Gasteiger partial charge >= 0.3 is 0 Å². The zero-order valence-electron chi connectivity index (χ0n) is 16.1. The second-order valence-corrected chi connectivity index (χ2v) is 7.67. The lowest BCUT2D eigenvalue weighted by molar-refractivity contribution is 0.244. The van der Waals surface area contributed by atoms with Crippen LogP contribution in [0.2, 0.25) is 10.0 Å². The summed E-state index contributed by atoms with van der Waals surface area (Å²) < 4.78 is 11.5. The molecule has 31 heavy (non-hydrogen) atoms. The SMILES string of the molecule is Clc1ccc(-c2cc(COc3nc(-c4ccccc4)nc4ccccc34)on2)c(Cl)c1. The van der Waals surface area contributed by atoms with Crippen molar-refractivity contribution >= 4 is 34.1 Å². The maximum absolute atomic E-state index is 6.27. The fourth-order valence-corrected chi connectivity index (χ4v) is 3.72. The molecule has 0 amide bonds. The average molecular weight is 448 g/mol. The maximum atomic E-state index is 6.27. The minimum absolute atomic E-state index is 0.160. The van der Waals surface area contributed by atoms with Gasteiger partial charge in [-0.3, -0.25) is 0 Å². The second kappa shape index (κ2) is 8.38. The molecule has 0 aliphatic carbocycles. The topological polar surface area (TPSA) is 61.0 Å². The molecule has 2 aromatic heterocycles. The number of nitrogens with zero attached hydrogens (tertiary/aromatic N) is 3. The highest BCUT2D eigenvalue weighted by atomic mass is 35.5. The van der Waals surface area contributed by atoms with Gasteiger partial charge in [0, 0.05) is 22.2 Å². The molecule has 0 spiro atoms. The third kappa shape index (κ3) is 4.10. The van der Waals surface area contributed by atoms with Crippen molar-refractivity contribution in [3.05, 3.63) is 94.7 Å². The van der Waals surface area contributed by atoms with Gasteiger partial charge in [0.1, 0.15) is 5.69 Å². The van der Waals surface area contributed by atoms with Crippen LogP contribution in [-0.2, 0) is 6.61 Å². The third-order valence-electron chi connectivity index (χ3n) is 4.72. The average Bonchev–Trinajstić information content (AvgIpc) is 3.26. The predicted octanol–water partition coefficient (Wildman–Crippen LogP) is 6.84. The number of hydrogen-bond donors (Lipinski definition) is 0. The normalized spacial score (nSPS) is 11.0. The van der Waals surface area contributed by atoms with Crippen molar-refractivity contribution in [3.63, 3.8) is 0 Å². The van der Waals surface area contributed by atoms with E-state index in [1.807, 2.05) is 54.6 Å². The van der Waals surface area contributed by atoms with Gasteiger partial charge in [0.2, 0.25) is 5.88 Å². The van der Waals surface area contributed by atoms with Gasteiger partial charge in [0.15, 0.2) is 18.2 Å². The Morgan fingerprint density at radius 2 is 1.65 bits per heavy atom. The zero-order chi connectivity index (χ0) is 21.2. The summed E-state index contributed by atoms with van der Waals surface area (Å²) in [5.41, 5.74) is 3.06. The first-order chi connectivity index (χ1) is 15.2. The summed E-state index contributed by atoms with van der Waals surface area (Å²) in [5.74, 6) is 1.62. The van der Waals surface area contributed by atoms with Crippen LogP contribution in [0, 0.1) is 0 Å². The summed E-state index contributed by atoms with van der Waals surface area (Å²) in [6, 6.07) is 24.5. The van der Waals surface area contributed by atoms with Crippen LogP contribution < -0.4 is 4.74 Å². The monoisotopic (exact) mass is 447 g/mol. The molecular formula is C24H15Cl2N3O2. The molecule has 0 fully saturated rings. The first kappa shape index (κ1) is 19.5. The van der Waals surface area contributed by atoms with E-state index in [1.165, 1.54) is 0 Å². The minimum Gasteiger partial charge on any atom is -0.469 e. The Bertz CT molecular complexity index is 1370. The van der Waals surface area contributed by atoms with Crippen molar-refractivity contribution < 1.29 is 9.26 Å². The summed E-state index contributed by atoms with van der Waals surface area (Å²) >= 11 is 12.2. The van der Waals surface area contributed by atoms with Gasteiger partial charge in [-0.15, -0.1) is 0 Å². The van der Waals surface area contributed by atoms with E-state index in [4.69, 9.17) is 32.5 Å². The molecule has 3 aromatic carbocycles. The van der Waals surface area contributed by atoms with E-state index < -0.39 is 0 Å². The Kier molecular flexibility index (Phi) is 5.28. The molecule has 0 unspecified atom stereocenters.